The van der Waals surface area contributed by atoms with Gasteiger partial charge in [0.15, 0.2) is 5.03 Å². The van der Waals surface area contributed by atoms with Crippen LogP contribution in [0.3, 0.4) is 0 Å². The molecule has 0 aliphatic carbocycles. The van der Waals surface area contributed by atoms with Crippen LogP contribution in [0.25, 0.3) is 0 Å². The van der Waals surface area contributed by atoms with E-state index in [-0.39, 0.29) is 10.1 Å². The number of hydrogen-bond acceptors (Lipinski definition) is 4. The van der Waals surface area contributed by atoms with E-state index in [1.54, 1.807) is 14.1 Å². The van der Waals surface area contributed by atoms with Crippen LogP contribution in [0.15, 0.2) is 5.03 Å². The van der Waals surface area contributed by atoms with Gasteiger partial charge in [-0.3, -0.25) is 0 Å². The van der Waals surface area contributed by atoms with Gasteiger partial charge in [0.25, 0.3) is 10.0 Å². The molecule has 0 bridgehead atoms. The third kappa shape index (κ3) is 4.47. The minimum atomic E-state index is -3.55. The topological polar surface area (TPSA) is 92.1 Å². The van der Waals surface area contributed by atoms with Crippen molar-refractivity contribution in [3.8, 4) is 0 Å². The number of nitrogens with zero attached hydrogens (tertiary/aromatic N) is 2. The number of nitrogens with two attached hydrogens (primary N) is 1. The van der Waals surface area contributed by atoms with E-state index in [4.69, 9.17) is 5.73 Å². The zero-order valence-corrected chi connectivity index (χ0v) is 18.0. The zero-order valence-electron chi connectivity index (χ0n) is 16.2. The van der Waals surface area contributed by atoms with Crippen molar-refractivity contribution in [1.82, 2.24) is 14.3 Å². The summed E-state index contributed by atoms with van der Waals surface area (Å²) in [6.07, 6.45) is 3.54. The predicted molar refractivity (Wildman–Crippen MR) is 103 cm³/mol. The summed E-state index contributed by atoms with van der Waals surface area (Å²) in [5, 5.41) is 0.279. The Bertz CT molecular complexity index is 646. The summed E-state index contributed by atoms with van der Waals surface area (Å²) in [5.41, 5.74) is 7.14. The first kappa shape index (κ1) is 21.3. The lowest BCUT2D eigenvalue weighted by Crippen LogP contribution is -2.51. The molecule has 1 heterocycles. The van der Waals surface area contributed by atoms with Gasteiger partial charge < -0.3 is 10.7 Å². The normalized spacial score (nSPS) is 13.7. The summed E-state index contributed by atoms with van der Waals surface area (Å²) >= 11 is 0. The van der Waals surface area contributed by atoms with Crippen LogP contribution < -0.4 is 11.2 Å². The maximum Gasteiger partial charge on any atom is 0.261 e. The Morgan fingerprint density at radius 3 is 2.21 bits per heavy atom. The molecule has 0 aromatic carbocycles. The van der Waals surface area contributed by atoms with Gasteiger partial charge in [-0.25, -0.2) is 17.7 Å². The predicted octanol–water partition coefficient (Wildman–Crippen LogP) is 2.05. The SMILES string of the molecule is CN(C)S(=O)(=O)c1nc([Si](C)(C)C(C)(C)C)[nH]c1CCCCCN. The number of nitrogens with one attached hydrogen (secondary N) is 1. The molecule has 0 aliphatic heterocycles. The Kier molecular flexibility index (Phi) is 6.83. The summed E-state index contributed by atoms with van der Waals surface area (Å²) in [6.45, 7) is 11.7. The minimum Gasteiger partial charge on any atom is -0.349 e. The van der Waals surface area contributed by atoms with E-state index in [1.165, 1.54) is 4.31 Å². The van der Waals surface area contributed by atoms with Crippen LogP contribution in [0.2, 0.25) is 18.1 Å². The number of hydrogen-bond donors (Lipinski definition) is 2. The van der Waals surface area contributed by atoms with Gasteiger partial charge in [-0.2, -0.15) is 0 Å². The number of aromatic nitrogens is 2. The summed E-state index contributed by atoms with van der Waals surface area (Å²) in [6, 6.07) is 0. The van der Waals surface area contributed by atoms with Crippen LogP contribution in [0.1, 0.15) is 45.7 Å². The molecule has 0 amide bonds. The van der Waals surface area contributed by atoms with Crippen molar-refractivity contribution >= 4 is 23.5 Å². The molecule has 1 aromatic heterocycles. The van der Waals surface area contributed by atoms with E-state index in [9.17, 15) is 8.42 Å². The number of unbranched alkanes of at least 4 members (excludes halogenated alkanes) is 2. The lowest BCUT2D eigenvalue weighted by atomic mass is 10.1. The third-order valence-electron chi connectivity index (χ3n) is 5.06. The van der Waals surface area contributed by atoms with Crippen molar-refractivity contribution in [3.05, 3.63) is 5.69 Å². The Balaban J connectivity index is 3.30. The first-order chi connectivity index (χ1) is 10.9. The van der Waals surface area contributed by atoms with Crippen LogP contribution in [0.4, 0.5) is 0 Å². The van der Waals surface area contributed by atoms with Crippen molar-refractivity contribution < 1.29 is 8.42 Å². The Hall–Kier alpha value is -0.703. The smallest absolute Gasteiger partial charge is 0.261 e. The van der Waals surface area contributed by atoms with Crippen LogP contribution >= 0.6 is 0 Å². The molecule has 6 nitrogen and oxygen atoms in total. The van der Waals surface area contributed by atoms with Crippen molar-refractivity contribution in [3.63, 3.8) is 0 Å². The molecule has 0 saturated carbocycles. The quantitative estimate of drug-likeness (QED) is 0.538. The van der Waals surface area contributed by atoms with E-state index in [0.29, 0.717) is 13.0 Å². The summed E-state index contributed by atoms with van der Waals surface area (Å²) in [7, 11) is -2.38. The fourth-order valence-electron chi connectivity index (χ4n) is 2.22. The van der Waals surface area contributed by atoms with Crippen LogP contribution in [0.5, 0.6) is 0 Å². The number of imidazole rings is 1. The average molecular weight is 375 g/mol. The lowest BCUT2D eigenvalue weighted by Gasteiger charge is -2.34. The Morgan fingerprint density at radius 1 is 1.17 bits per heavy atom. The molecular weight excluding hydrogens is 340 g/mol. The molecule has 24 heavy (non-hydrogen) atoms. The second kappa shape index (κ2) is 7.68. The molecule has 1 aromatic rings. The second-order valence-electron chi connectivity index (χ2n) is 8.13. The number of aryl methyl sites for hydroxylation is 1. The number of rotatable bonds is 8. The van der Waals surface area contributed by atoms with Gasteiger partial charge in [-0.1, -0.05) is 40.3 Å². The fourth-order valence-corrected chi connectivity index (χ4v) is 4.89. The molecule has 0 atom stereocenters. The van der Waals surface area contributed by atoms with Gasteiger partial charge in [0.05, 0.1) is 11.1 Å². The molecule has 0 aliphatic rings. The number of sulfonamides is 1. The third-order valence-corrected chi connectivity index (χ3v) is 12.0. The van der Waals surface area contributed by atoms with E-state index in [1.807, 2.05) is 0 Å². The standard InChI is InChI=1S/C16H34N4O2SSi/c1-16(2,3)24(6,7)15-18-13(11-9-8-10-12-17)14(19-15)23(21,22)20(4)5/h8-12,17H2,1-7H3,(H,18,19). The van der Waals surface area contributed by atoms with E-state index >= 15 is 0 Å². The monoisotopic (exact) mass is 374 g/mol. The zero-order chi connectivity index (χ0) is 18.8. The first-order valence-electron chi connectivity index (χ1n) is 8.57. The van der Waals surface area contributed by atoms with Gasteiger partial charge in [0.1, 0.15) is 8.07 Å². The van der Waals surface area contributed by atoms with Gasteiger partial charge in [0, 0.05) is 14.1 Å². The molecule has 0 saturated heterocycles. The van der Waals surface area contributed by atoms with Crippen molar-refractivity contribution in [2.75, 3.05) is 20.6 Å². The van der Waals surface area contributed by atoms with E-state index in [0.717, 1.165) is 30.4 Å². The van der Waals surface area contributed by atoms with Gasteiger partial charge in [0.2, 0.25) is 0 Å². The van der Waals surface area contributed by atoms with Crippen LogP contribution in [-0.4, -0.2) is 51.4 Å². The molecule has 0 radical (unpaired) electrons. The minimum absolute atomic E-state index is 0.0841. The highest BCUT2D eigenvalue weighted by atomic mass is 32.2. The summed E-state index contributed by atoms with van der Waals surface area (Å²) < 4.78 is 26.6. The van der Waals surface area contributed by atoms with Crippen LogP contribution in [0, 0.1) is 0 Å². The Labute approximate surface area is 148 Å². The van der Waals surface area contributed by atoms with Crippen molar-refractivity contribution in [1.29, 1.82) is 0 Å². The highest BCUT2D eigenvalue weighted by molar-refractivity contribution is 7.89. The summed E-state index contributed by atoms with van der Waals surface area (Å²) in [5.74, 6) is 0. The lowest BCUT2D eigenvalue weighted by molar-refractivity contribution is 0.515. The van der Waals surface area contributed by atoms with Crippen LogP contribution in [-0.2, 0) is 16.4 Å². The van der Waals surface area contributed by atoms with Crippen molar-refractivity contribution in [2.24, 2.45) is 5.73 Å². The molecule has 1 rings (SSSR count). The Morgan fingerprint density at radius 2 is 1.75 bits per heavy atom. The first-order valence-corrected chi connectivity index (χ1v) is 13.0. The highest BCUT2D eigenvalue weighted by Crippen LogP contribution is 2.35. The van der Waals surface area contributed by atoms with Gasteiger partial charge in [-0.05, 0) is 30.8 Å². The van der Waals surface area contributed by atoms with Gasteiger partial charge in [-0.15, -0.1) is 0 Å². The summed E-state index contributed by atoms with van der Waals surface area (Å²) in [4.78, 5) is 7.97. The molecule has 0 unspecified atom stereocenters. The largest absolute Gasteiger partial charge is 0.349 e. The highest BCUT2D eigenvalue weighted by Gasteiger charge is 2.41. The number of H-pyrrole nitrogens is 1. The average Bonchev–Trinajstić information content (AvgIpc) is 2.87. The van der Waals surface area contributed by atoms with E-state index in [2.05, 4.69) is 43.8 Å². The van der Waals surface area contributed by atoms with Gasteiger partial charge >= 0.3 is 0 Å². The maximum atomic E-state index is 12.7. The maximum absolute atomic E-state index is 12.7. The van der Waals surface area contributed by atoms with E-state index < -0.39 is 18.1 Å². The molecule has 3 N–H and O–H groups in total. The molecule has 0 fully saturated rings. The molecule has 0 spiro atoms. The second-order valence-corrected chi connectivity index (χ2v) is 15.4. The van der Waals surface area contributed by atoms with Crippen molar-refractivity contribution in [2.45, 2.75) is 69.6 Å². The molecule has 8 heteroatoms. The molecular formula is C16H34N4O2SSi. The molecule has 140 valence electrons. The number of aromatic amines is 1. The fraction of sp³-hybridized carbons (Fsp3) is 0.812.